The van der Waals surface area contributed by atoms with Gasteiger partial charge in [-0.05, 0) is 63.3 Å². The number of nitrogens with zero attached hydrogens (tertiary/aromatic N) is 1. The van der Waals surface area contributed by atoms with E-state index in [0.29, 0.717) is 0 Å². The van der Waals surface area contributed by atoms with E-state index in [1.54, 1.807) is 0 Å². The Hall–Kier alpha value is -0.900. The van der Waals surface area contributed by atoms with Gasteiger partial charge in [0.1, 0.15) is 0 Å². The van der Waals surface area contributed by atoms with Gasteiger partial charge in [-0.2, -0.15) is 0 Å². The summed E-state index contributed by atoms with van der Waals surface area (Å²) >= 11 is 0. The minimum Gasteiger partial charge on any atom is -0.380 e. The molecule has 0 aliphatic heterocycles. The molecular weight excluding hydrogens is 260 g/mol. The van der Waals surface area contributed by atoms with Crippen LogP contribution in [0.15, 0.2) is 12.1 Å². The van der Waals surface area contributed by atoms with Crippen molar-refractivity contribution in [1.82, 2.24) is 4.90 Å². The number of nitrogens with two attached hydrogens (primary N) is 1. The van der Waals surface area contributed by atoms with Crippen LogP contribution in [-0.4, -0.2) is 38.3 Å². The largest absolute Gasteiger partial charge is 0.380 e. The lowest BCUT2D eigenvalue weighted by atomic mass is 9.94. The molecule has 3 nitrogen and oxygen atoms in total. The molecule has 118 valence electrons. The molecule has 1 atom stereocenters. The molecule has 0 amide bonds. The van der Waals surface area contributed by atoms with Gasteiger partial charge in [-0.25, -0.2) is 0 Å². The van der Waals surface area contributed by atoms with E-state index in [2.05, 4.69) is 44.9 Å². The second kappa shape index (κ2) is 7.39. The third-order valence-electron chi connectivity index (χ3n) is 4.29. The molecule has 0 heterocycles. The van der Waals surface area contributed by atoms with Crippen LogP contribution in [0.3, 0.4) is 0 Å². The van der Waals surface area contributed by atoms with Gasteiger partial charge in [0.05, 0.1) is 6.61 Å². The van der Waals surface area contributed by atoms with Crippen LogP contribution in [-0.2, 0) is 4.74 Å². The predicted molar refractivity (Wildman–Crippen MR) is 88.6 cm³/mol. The van der Waals surface area contributed by atoms with Crippen LogP contribution in [0.4, 0.5) is 0 Å². The van der Waals surface area contributed by atoms with E-state index in [1.807, 2.05) is 0 Å². The summed E-state index contributed by atoms with van der Waals surface area (Å²) in [5.41, 5.74) is 11.6. The SMILES string of the molecule is Cc1cc(C)c(C(N)CN(C)CCOCC2CC2)c(C)c1. The molecule has 1 saturated carbocycles. The maximum absolute atomic E-state index is 6.43. The van der Waals surface area contributed by atoms with E-state index >= 15 is 0 Å². The number of rotatable bonds is 8. The van der Waals surface area contributed by atoms with Crippen molar-refractivity contribution in [3.8, 4) is 0 Å². The monoisotopic (exact) mass is 290 g/mol. The Morgan fingerprint density at radius 2 is 1.86 bits per heavy atom. The van der Waals surface area contributed by atoms with Crippen LogP contribution >= 0.6 is 0 Å². The third kappa shape index (κ3) is 5.10. The summed E-state index contributed by atoms with van der Waals surface area (Å²) in [5.74, 6) is 0.843. The molecule has 0 radical (unpaired) electrons. The van der Waals surface area contributed by atoms with E-state index in [1.165, 1.54) is 35.1 Å². The van der Waals surface area contributed by atoms with Gasteiger partial charge in [0, 0.05) is 25.7 Å². The molecule has 1 aliphatic carbocycles. The highest BCUT2D eigenvalue weighted by Gasteiger charge is 2.21. The second-order valence-corrected chi connectivity index (χ2v) is 6.70. The van der Waals surface area contributed by atoms with Gasteiger partial charge in [0.15, 0.2) is 0 Å². The Bertz CT molecular complexity index is 445. The molecule has 3 heteroatoms. The summed E-state index contributed by atoms with van der Waals surface area (Å²) in [7, 11) is 2.12. The van der Waals surface area contributed by atoms with Crippen LogP contribution in [0.25, 0.3) is 0 Å². The molecule has 2 N–H and O–H groups in total. The number of hydrogen-bond donors (Lipinski definition) is 1. The fourth-order valence-corrected chi connectivity index (χ4v) is 3.05. The molecule has 2 rings (SSSR count). The third-order valence-corrected chi connectivity index (χ3v) is 4.29. The van der Waals surface area contributed by atoms with E-state index < -0.39 is 0 Å². The summed E-state index contributed by atoms with van der Waals surface area (Å²) in [6.07, 6.45) is 2.71. The molecule has 1 aromatic carbocycles. The average molecular weight is 290 g/mol. The van der Waals surface area contributed by atoms with Gasteiger partial charge >= 0.3 is 0 Å². The summed E-state index contributed by atoms with van der Waals surface area (Å²) in [6.45, 7) is 10.0. The zero-order valence-corrected chi connectivity index (χ0v) is 14.0. The van der Waals surface area contributed by atoms with Crippen molar-refractivity contribution >= 4 is 0 Å². The Balaban J connectivity index is 1.80. The number of hydrogen-bond acceptors (Lipinski definition) is 3. The second-order valence-electron chi connectivity index (χ2n) is 6.70. The first-order valence-corrected chi connectivity index (χ1v) is 8.07. The first-order valence-electron chi connectivity index (χ1n) is 8.07. The zero-order valence-electron chi connectivity index (χ0n) is 14.0. The summed E-state index contributed by atoms with van der Waals surface area (Å²) in [6, 6.07) is 4.51. The molecular formula is C18H30N2O. The van der Waals surface area contributed by atoms with Crippen molar-refractivity contribution in [1.29, 1.82) is 0 Å². The number of benzene rings is 1. The smallest absolute Gasteiger partial charge is 0.0593 e. The number of ether oxygens (including phenoxy) is 1. The molecule has 1 aromatic rings. The first-order chi connectivity index (χ1) is 9.97. The van der Waals surface area contributed by atoms with E-state index in [4.69, 9.17) is 10.5 Å². The average Bonchev–Trinajstić information content (AvgIpc) is 3.17. The van der Waals surface area contributed by atoms with Crippen molar-refractivity contribution in [2.24, 2.45) is 11.7 Å². The Morgan fingerprint density at radius 3 is 2.43 bits per heavy atom. The molecule has 0 aromatic heterocycles. The van der Waals surface area contributed by atoms with Gasteiger partial charge in [-0.15, -0.1) is 0 Å². The lowest BCUT2D eigenvalue weighted by Crippen LogP contribution is -2.32. The number of likely N-dealkylation sites (N-methyl/N-ethyl adjacent to an activating group) is 1. The highest BCUT2D eigenvalue weighted by molar-refractivity contribution is 5.39. The van der Waals surface area contributed by atoms with Crippen molar-refractivity contribution < 1.29 is 4.74 Å². The normalized spacial score (nSPS) is 16.5. The molecule has 1 fully saturated rings. The van der Waals surface area contributed by atoms with E-state index in [0.717, 1.165) is 32.2 Å². The highest BCUT2D eigenvalue weighted by atomic mass is 16.5. The van der Waals surface area contributed by atoms with Crippen molar-refractivity contribution in [3.63, 3.8) is 0 Å². The van der Waals surface area contributed by atoms with Gasteiger partial charge in [0.25, 0.3) is 0 Å². The standard InChI is InChI=1S/C18H30N2O/c1-13-9-14(2)18(15(3)10-13)17(19)11-20(4)7-8-21-12-16-5-6-16/h9-10,16-17H,5-8,11-12,19H2,1-4H3. The van der Waals surface area contributed by atoms with Gasteiger partial charge in [0.2, 0.25) is 0 Å². The van der Waals surface area contributed by atoms with E-state index in [9.17, 15) is 0 Å². The van der Waals surface area contributed by atoms with Gasteiger partial charge < -0.3 is 15.4 Å². The fourth-order valence-electron chi connectivity index (χ4n) is 3.05. The molecule has 1 aliphatic rings. The van der Waals surface area contributed by atoms with Crippen LogP contribution in [0.2, 0.25) is 0 Å². The van der Waals surface area contributed by atoms with Crippen LogP contribution < -0.4 is 5.73 Å². The van der Waals surface area contributed by atoms with Crippen molar-refractivity contribution in [2.75, 3.05) is 33.4 Å². The Kier molecular flexibility index (Phi) is 5.80. The minimum absolute atomic E-state index is 0.0685. The van der Waals surface area contributed by atoms with Crippen molar-refractivity contribution in [3.05, 3.63) is 34.4 Å². The summed E-state index contributed by atoms with van der Waals surface area (Å²) < 4.78 is 5.70. The van der Waals surface area contributed by atoms with Crippen LogP contribution in [0.1, 0.15) is 41.1 Å². The van der Waals surface area contributed by atoms with Gasteiger partial charge in [-0.3, -0.25) is 0 Å². The maximum atomic E-state index is 6.43. The lowest BCUT2D eigenvalue weighted by molar-refractivity contribution is 0.102. The Morgan fingerprint density at radius 1 is 1.24 bits per heavy atom. The Labute approximate surface area is 129 Å². The molecule has 1 unspecified atom stereocenters. The topological polar surface area (TPSA) is 38.5 Å². The van der Waals surface area contributed by atoms with Crippen LogP contribution in [0.5, 0.6) is 0 Å². The highest BCUT2D eigenvalue weighted by Crippen LogP contribution is 2.28. The van der Waals surface area contributed by atoms with Crippen molar-refractivity contribution in [2.45, 2.75) is 39.7 Å². The van der Waals surface area contributed by atoms with Crippen LogP contribution in [0, 0.1) is 26.7 Å². The fraction of sp³-hybridized carbons (Fsp3) is 0.667. The van der Waals surface area contributed by atoms with E-state index in [-0.39, 0.29) is 6.04 Å². The molecule has 0 spiro atoms. The number of aryl methyl sites for hydroxylation is 3. The summed E-state index contributed by atoms with van der Waals surface area (Å²) in [5, 5.41) is 0. The molecule has 0 bridgehead atoms. The predicted octanol–water partition coefficient (Wildman–Crippen LogP) is 2.97. The molecule has 0 saturated heterocycles. The minimum atomic E-state index is 0.0685. The quantitative estimate of drug-likeness (QED) is 0.748. The lowest BCUT2D eigenvalue weighted by Gasteiger charge is -2.24. The zero-order chi connectivity index (χ0) is 15.4. The summed E-state index contributed by atoms with van der Waals surface area (Å²) in [4.78, 5) is 2.27. The van der Waals surface area contributed by atoms with Gasteiger partial charge in [-0.1, -0.05) is 17.7 Å². The first kappa shape index (κ1) is 16.5. The molecule has 21 heavy (non-hydrogen) atoms. The maximum Gasteiger partial charge on any atom is 0.0593 e.